The number of rotatable bonds is 6. The Hall–Kier alpha value is -3.20. The first-order valence-electron chi connectivity index (χ1n) is 8.55. The molecule has 1 atom stereocenters. The third-order valence-corrected chi connectivity index (χ3v) is 5.36. The van der Waals surface area contributed by atoms with Crippen molar-refractivity contribution in [3.8, 4) is 11.4 Å². The van der Waals surface area contributed by atoms with Crippen LogP contribution in [0.5, 0.6) is 0 Å². The SMILES string of the molecule is Cc1ccccc1-c1nnc(S[C@@H](C)C(=O)Nc2ccccc2[N+](=O)[O-])n1C. The average molecular weight is 397 g/mol. The van der Waals surface area contributed by atoms with Gasteiger partial charge >= 0.3 is 0 Å². The summed E-state index contributed by atoms with van der Waals surface area (Å²) < 4.78 is 1.84. The van der Waals surface area contributed by atoms with Gasteiger partial charge in [-0.3, -0.25) is 14.9 Å². The quantitative estimate of drug-likeness (QED) is 0.385. The van der Waals surface area contributed by atoms with E-state index in [1.807, 2.05) is 42.8 Å². The molecule has 3 rings (SSSR count). The fourth-order valence-electron chi connectivity index (χ4n) is 2.66. The average Bonchev–Trinajstić information content (AvgIpc) is 3.02. The number of nitrogens with one attached hydrogen (secondary N) is 1. The first-order valence-corrected chi connectivity index (χ1v) is 9.42. The number of nitro groups is 1. The van der Waals surface area contributed by atoms with Crippen LogP contribution in [0.2, 0.25) is 0 Å². The molecule has 0 unspecified atom stereocenters. The van der Waals surface area contributed by atoms with Crippen LogP contribution in [-0.2, 0) is 11.8 Å². The zero-order valence-corrected chi connectivity index (χ0v) is 16.4. The number of aryl methyl sites for hydroxylation is 1. The summed E-state index contributed by atoms with van der Waals surface area (Å²) >= 11 is 1.24. The summed E-state index contributed by atoms with van der Waals surface area (Å²) in [6.07, 6.45) is 0. The molecule has 0 bridgehead atoms. The summed E-state index contributed by atoms with van der Waals surface area (Å²) in [6.45, 7) is 3.72. The summed E-state index contributed by atoms with van der Waals surface area (Å²) in [7, 11) is 1.84. The number of hydrogen-bond acceptors (Lipinski definition) is 6. The van der Waals surface area contributed by atoms with Gasteiger partial charge in [0.2, 0.25) is 5.91 Å². The van der Waals surface area contributed by atoms with Gasteiger partial charge in [-0.2, -0.15) is 0 Å². The minimum absolute atomic E-state index is 0.145. The molecular weight excluding hydrogens is 378 g/mol. The second-order valence-corrected chi connectivity index (χ2v) is 7.51. The first kappa shape index (κ1) is 19.6. The van der Waals surface area contributed by atoms with Crippen molar-refractivity contribution < 1.29 is 9.72 Å². The van der Waals surface area contributed by atoms with Gasteiger partial charge in [0.05, 0.1) is 10.2 Å². The highest BCUT2D eigenvalue weighted by Crippen LogP contribution is 2.29. The zero-order valence-electron chi connectivity index (χ0n) is 15.6. The number of carbonyl (C=O) groups is 1. The minimum atomic E-state index is -0.523. The Balaban J connectivity index is 1.75. The van der Waals surface area contributed by atoms with E-state index in [0.717, 1.165) is 11.1 Å². The van der Waals surface area contributed by atoms with E-state index >= 15 is 0 Å². The van der Waals surface area contributed by atoms with Crippen LogP contribution in [0.3, 0.4) is 0 Å². The van der Waals surface area contributed by atoms with Gasteiger partial charge in [-0.1, -0.05) is 48.2 Å². The van der Waals surface area contributed by atoms with Gasteiger partial charge in [0, 0.05) is 18.7 Å². The molecular formula is C19H19N5O3S. The number of hydrogen-bond donors (Lipinski definition) is 1. The molecule has 0 radical (unpaired) electrons. The predicted molar refractivity (Wildman–Crippen MR) is 108 cm³/mol. The fraction of sp³-hybridized carbons (Fsp3) is 0.211. The maximum absolute atomic E-state index is 12.5. The number of para-hydroxylation sites is 2. The van der Waals surface area contributed by atoms with E-state index in [-0.39, 0.29) is 17.3 Å². The summed E-state index contributed by atoms with van der Waals surface area (Å²) in [5, 5.41) is 22.2. The Morgan fingerprint density at radius 2 is 1.86 bits per heavy atom. The second-order valence-electron chi connectivity index (χ2n) is 6.20. The van der Waals surface area contributed by atoms with Gasteiger partial charge in [0.25, 0.3) is 5.69 Å². The van der Waals surface area contributed by atoms with Crippen molar-refractivity contribution in [3.05, 3.63) is 64.2 Å². The maximum Gasteiger partial charge on any atom is 0.292 e. The monoisotopic (exact) mass is 397 g/mol. The highest BCUT2D eigenvalue weighted by Gasteiger charge is 2.22. The molecule has 3 aromatic rings. The Morgan fingerprint density at radius 1 is 1.18 bits per heavy atom. The van der Waals surface area contributed by atoms with E-state index in [1.54, 1.807) is 19.1 Å². The third-order valence-electron chi connectivity index (χ3n) is 4.23. The van der Waals surface area contributed by atoms with Gasteiger partial charge < -0.3 is 9.88 Å². The summed E-state index contributed by atoms with van der Waals surface area (Å²) in [5.74, 6) is 0.367. The number of aromatic nitrogens is 3. The molecule has 0 saturated carbocycles. The predicted octanol–water partition coefficient (Wildman–Crippen LogP) is 3.82. The van der Waals surface area contributed by atoms with Crippen molar-refractivity contribution in [2.45, 2.75) is 24.3 Å². The van der Waals surface area contributed by atoms with Crippen LogP contribution >= 0.6 is 11.8 Å². The Labute approximate surface area is 166 Å². The van der Waals surface area contributed by atoms with Gasteiger partial charge in [-0.05, 0) is 25.5 Å². The number of nitro benzene ring substituents is 1. The Bertz CT molecular complexity index is 1030. The lowest BCUT2D eigenvalue weighted by Gasteiger charge is -2.12. The van der Waals surface area contributed by atoms with Crippen LogP contribution < -0.4 is 5.32 Å². The summed E-state index contributed by atoms with van der Waals surface area (Å²) in [6, 6.07) is 13.9. The smallest absolute Gasteiger partial charge is 0.292 e. The highest BCUT2D eigenvalue weighted by atomic mass is 32.2. The van der Waals surface area contributed by atoms with E-state index in [0.29, 0.717) is 11.0 Å². The Morgan fingerprint density at radius 3 is 2.57 bits per heavy atom. The first-order chi connectivity index (χ1) is 13.4. The molecule has 28 heavy (non-hydrogen) atoms. The van der Waals surface area contributed by atoms with E-state index in [4.69, 9.17) is 0 Å². The lowest BCUT2D eigenvalue weighted by molar-refractivity contribution is -0.383. The number of nitrogens with zero attached hydrogens (tertiary/aromatic N) is 4. The molecule has 1 N–H and O–H groups in total. The number of amides is 1. The molecule has 8 nitrogen and oxygen atoms in total. The van der Waals surface area contributed by atoms with Gasteiger partial charge in [-0.25, -0.2) is 0 Å². The molecule has 1 heterocycles. The normalized spacial score (nSPS) is 11.8. The zero-order chi connectivity index (χ0) is 20.3. The van der Waals surface area contributed by atoms with Crippen molar-refractivity contribution in [1.29, 1.82) is 0 Å². The number of benzene rings is 2. The summed E-state index contributed by atoms with van der Waals surface area (Å²) in [4.78, 5) is 23.1. The van der Waals surface area contributed by atoms with Crippen LogP contribution in [0.25, 0.3) is 11.4 Å². The molecule has 0 spiro atoms. The molecule has 0 saturated heterocycles. The Kier molecular flexibility index (Phi) is 5.74. The molecule has 0 fully saturated rings. The molecule has 0 aliphatic rings. The molecule has 0 aliphatic heterocycles. The number of carbonyl (C=O) groups excluding carboxylic acids is 1. The van der Waals surface area contributed by atoms with Crippen molar-refractivity contribution >= 4 is 29.0 Å². The summed E-state index contributed by atoms with van der Waals surface area (Å²) in [5.41, 5.74) is 2.08. The largest absolute Gasteiger partial charge is 0.319 e. The van der Waals surface area contributed by atoms with E-state index < -0.39 is 10.2 Å². The van der Waals surface area contributed by atoms with Gasteiger partial charge in [0.1, 0.15) is 5.69 Å². The standard InChI is InChI=1S/C19H19N5O3S/c1-12-8-4-5-9-14(12)17-21-22-19(23(17)3)28-13(2)18(25)20-15-10-6-7-11-16(15)24(26)27/h4-11,13H,1-3H3,(H,20,25)/t13-/m0/s1. The van der Waals surface area contributed by atoms with Crippen molar-refractivity contribution in [1.82, 2.24) is 14.8 Å². The van der Waals surface area contributed by atoms with E-state index in [9.17, 15) is 14.9 Å². The molecule has 2 aromatic carbocycles. The molecule has 1 amide bonds. The lowest BCUT2D eigenvalue weighted by atomic mass is 10.1. The van der Waals surface area contributed by atoms with Crippen LogP contribution in [0.4, 0.5) is 11.4 Å². The van der Waals surface area contributed by atoms with E-state index in [1.165, 1.54) is 23.9 Å². The highest BCUT2D eigenvalue weighted by molar-refractivity contribution is 8.00. The van der Waals surface area contributed by atoms with Crippen molar-refractivity contribution in [3.63, 3.8) is 0 Å². The maximum atomic E-state index is 12.5. The van der Waals surface area contributed by atoms with Crippen LogP contribution in [0.15, 0.2) is 53.7 Å². The minimum Gasteiger partial charge on any atom is -0.319 e. The molecule has 9 heteroatoms. The van der Waals surface area contributed by atoms with Crippen molar-refractivity contribution in [2.75, 3.05) is 5.32 Å². The van der Waals surface area contributed by atoms with Crippen LogP contribution in [0.1, 0.15) is 12.5 Å². The van der Waals surface area contributed by atoms with Crippen molar-refractivity contribution in [2.24, 2.45) is 7.05 Å². The molecule has 144 valence electrons. The topological polar surface area (TPSA) is 103 Å². The lowest BCUT2D eigenvalue weighted by Crippen LogP contribution is -2.23. The second kappa shape index (κ2) is 8.22. The van der Waals surface area contributed by atoms with Crippen LogP contribution in [-0.4, -0.2) is 30.8 Å². The molecule has 0 aliphatic carbocycles. The van der Waals surface area contributed by atoms with Crippen LogP contribution in [0, 0.1) is 17.0 Å². The third kappa shape index (κ3) is 4.04. The number of thioether (sulfide) groups is 1. The van der Waals surface area contributed by atoms with Gasteiger partial charge in [0.15, 0.2) is 11.0 Å². The van der Waals surface area contributed by atoms with Gasteiger partial charge in [-0.15, -0.1) is 10.2 Å². The van der Waals surface area contributed by atoms with E-state index in [2.05, 4.69) is 15.5 Å². The molecule has 1 aromatic heterocycles. The number of anilines is 1. The fourth-order valence-corrected chi connectivity index (χ4v) is 3.48.